The molecule has 0 amide bonds. The monoisotopic (exact) mass is 261 g/mol. The van der Waals surface area contributed by atoms with Crippen LogP contribution in [0.3, 0.4) is 0 Å². The van der Waals surface area contributed by atoms with Crippen molar-refractivity contribution in [2.45, 2.75) is 64.5 Å². The van der Waals surface area contributed by atoms with E-state index in [9.17, 15) is 5.11 Å². The van der Waals surface area contributed by atoms with E-state index in [1.165, 1.54) is 38.5 Å². The lowest BCUT2D eigenvalue weighted by molar-refractivity contribution is 0.166. The van der Waals surface area contributed by atoms with E-state index >= 15 is 0 Å². The fraction of sp³-hybridized carbons (Fsp3) is 0.647. The van der Waals surface area contributed by atoms with Crippen molar-refractivity contribution in [3.8, 4) is 5.75 Å². The van der Waals surface area contributed by atoms with Gasteiger partial charge in [0.25, 0.3) is 0 Å². The SMILES string of the molecule is Cc1ccc(C(C)N(C)C2CCCCCC2)c(O)c1. The number of hydrogen-bond donors (Lipinski definition) is 1. The van der Waals surface area contributed by atoms with Crippen molar-refractivity contribution < 1.29 is 5.11 Å². The Morgan fingerprint density at radius 3 is 2.37 bits per heavy atom. The molecule has 0 saturated heterocycles. The zero-order valence-corrected chi connectivity index (χ0v) is 12.5. The first-order valence-corrected chi connectivity index (χ1v) is 7.61. The van der Waals surface area contributed by atoms with Crippen molar-refractivity contribution in [3.63, 3.8) is 0 Å². The van der Waals surface area contributed by atoms with E-state index in [0.29, 0.717) is 11.8 Å². The molecule has 1 aliphatic carbocycles. The standard InChI is InChI=1S/C17H27NO/c1-13-10-11-16(17(19)12-13)14(2)18(3)15-8-6-4-5-7-9-15/h10-12,14-15,19H,4-9H2,1-3H3. The summed E-state index contributed by atoms with van der Waals surface area (Å²) in [5.41, 5.74) is 2.17. The third-order valence-corrected chi connectivity index (χ3v) is 4.65. The van der Waals surface area contributed by atoms with Crippen LogP contribution in [0.5, 0.6) is 5.75 Å². The number of benzene rings is 1. The van der Waals surface area contributed by atoms with Gasteiger partial charge < -0.3 is 5.11 Å². The number of nitrogens with zero attached hydrogens (tertiary/aromatic N) is 1. The summed E-state index contributed by atoms with van der Waals surface area (Å²) in [6, 6.07) is 6.98. The molecule has 0 spiro atoms. The number of aryl methyl sites for hydroxylation is 1. The topological polar surface area (TPSA) is 23.5 Å². The van der Waals surface area contributed by atoms with Gasteiger partial charge in [0.2, 0.25) is 0 Å². The molecular formula is C17H27NO. The molecule has 0 radical (unpaired) electrons. The van der Waals surface area contributed by atoms with E-state index in [1.807, 2.05) is 13.0 Å². The summed E-state index contributed by atoms with van der Waals surface area (Å²) in [6.45, 7) is 4.22. The normalized spacial score (nSPS) is 19.4. The molecule has 1 fully saturated rings. The third kappa shape index (κ3) is 3.50. The first-order chi connectivity index (χ1) is 9.09. The van der Waals surface area contributed by atoms with Gasteiger partial charge in [-0.15, -0.1) is 0 Å². The number of phenols is 1. The highest BCUT2D eigenvalue weighted by Gasteiger charge is 2.23. The van der Waals surface area contributed by atoms with Gasteiger partial charge in [-0.25, -0.2) is 0 Å². The average molecular weight is 261 g/mol. The smallest absolute Gasteiger partial charge is 0.120 e. The summed E-state index contributed by atoms with van der Waals surface area (Å²) in [4.78, 5) is 2.45. The van der Waals surface area contributed by atoms with Crippen molar-refractivity contribution in [2.24, 2.45) is 0 Å². The van der Waals surface area contributed by atoms with Gasteiger partial charge in [0.15, 0.2) is 0 Å². The molecular weight excluding hydrogens is 234 g/mol. The van der Waals surface area contributed by atoms with Crippen LogP contribution in [0, 0.1) is 6.92 Å². The van der Waals surface area contributed by atoms with E-state index in [-0.39, 0.29) is 6.04 Å². The van der Waals surface area contributed by atoms with Gasteiger partial charge in [0.1, 0.15) is 5.75 Å². The second kappa shape index (κ2) is 6.42. The molecule has 0 aliphatic heterocycles. The molecule has 2 nitrogen and oxygen atoms in total. The molecule has 1 aliphatic rings. The predicted molar refractivity (Wildman–Crippen MR) is 80.5 cm³/mol. The van der Waals surface area contributed by atoms with Crippen LogP contribution >= 0.6 is 0 Å². The van der Waals surface area contributed by atoms with Crippen molar-refractivity contribution in [1.29, 1.82) is 0 Å². The molecule has 1 aromatic carbocycles. The highest BCUT2D eigenvalue weighted by Crippen LogP contribution is 2.32. The summed E-state index contributed by atoms with van der Waals surface area (Å²) in [6.07, 6.45) is 8.06. The molecule has 1 unspecified atom stereocenters. The maximum atomic E-state index is 10.1. The van der Waals surface area contributed by atoms with Crippen LogP contribution in [0.25, 0.3) is 0 Å². The summed E-state index contributed by atoms with van der Waals surface area (Å²) in [5.74, 6) is 0.438. The minimum absolute atomic E-state index is 0.281. The lowest BCUT2D eigenvalue weighted by Crippen LogP contribution is -2.33. The second-order valence-corrected chi connectivity index (χ2v) is 6.05. The van der Waals surface area contributed by atoms with Gasteiger partial charge in [-0.2, -0.15) is 0 Å². The highest BCUT2D eigenvalue weighted by atomic mass is 16.3. The Balaban J connectivity index is 2.10. The molecule has 2 heteroatoms. The second-order valence-electron chi connectivity index (χ2n) is 6.05. The molecule has 0 aromatic heterocycles. The van der Waals surface area contributed by atoms with E-state index < -0.39 is 0 Å². The summed E-state index contributed by atoms with van der Waals surface area (Å²) in [7, 11) is 2.21. The van der Waals surface area contributed by atoms with Crippen molar-refractivity contribution >= 4 is 0 Å². The van der Waals surface area contributed by atoms with E-state index in [4.69, 9.17) is 0 Å². The van der Waals surface area contributed by atoms with E-state index in [0.717, 1.165) is 11.1 Å². The number of phenolic OH excluding ortho intramolecular Hbond substituents is 1. The van der Waals surface area contributed by atoms with Gasteiger partial charge >= 0.3 is 0 Å². The fourth-order valence-corrected chi connectivity index (χ4v) is 3.21. The maximum absolute atomic E-state index is 10.1. The Morgan fingerprint density at radius 2 is 1.79 bits per heavy atom. The van der Waals surface area contributed by atoms with Crippen molar-refractivity contribution in [1.82, 2.24) is 4.90 Å². The summed E-state index contributed by atoms with van der Waals surface area (Å²) < 4.78 is 0. The Bertz CT molecular complexity index is 408. The number of hydrogen-bond acceptors (Lipinski definition) is 2. The number of aromatic hydroxyl groups is 1. The van der Waals surface area contributed by atoms with Crippen LogP contribution in [0.4, 0.5) is 0 Å². The molecule has 0 heterocycles. The first kappa shape index (κ1) is 14.4. The molecule has 1 atom stereocenters. The van der Waals surface area contributed by atoms with Crippen LogP contribution in [0.2, 0.25) is 0 Å². The first-order valence-electron chi connectivity index (χ1n) is 7.61. The van der Waals surface area contributed by atoms with Crippen LogP contribution in [-0.2, 0) is 0 Å². The molecule has 1 aromatic rings. The molecule has 2 rings (SSSR count). The molecule has 19 heavy (non-hydrogen) atoms. The quantitative estimate of drug-likeness (QED) is 0.814. The van der Waals surface area contributed by atoms with Crippen LogP contribution in [0.15, 0.2) is 18.2 Å². The third-order valence-electron chi connectivity index (χ3n) is 4.65. The zero-order valence-electron chi connectivity index (χ0n) is 12.5. The van der Waals surface area contributed by atoms with Crippen LogP contribution in [-0.4, -0.2) is 23.1 Å². The van der Waals surface area contributed by atoms with Gasteiger partial charge in [-0.05, 0) is 45.4 Å². The minimum Gasteiger partial charge on any atom is -0.508 e. The molecule has 1 N–H and O–H groups in total. The largest absolute Gasteiger partial charge is 0.508 e. The predicted octanol–water partition coefficient (Wildman–Crippen LogP) is 4.42. The highest BCUT2D eigenvalue weighted by molar-refractivity contribution is 5.37. The Hall–Kier alpha value is -1.02. The Labute approximate surface area is 117 Å². The minimum atomic E-state index is 0.281. The van der Waals surface area contributed by atoms with Crippen molar-refractivity contribution in [2.75, 3.05) is 7.05 Å². The average Bonchev–Trinajstić information content (AvgIpc) is 2.66. The van der Waals surface area contributed by atoms with Crippen LogP contribution in [0.1, 0.15) is 62.6 Å². The number of rotatable bonds is 3. The van der Waals surface area contributed by atoms with Crippen LogP contribution < -0.4 is 0 Å². The zero-order chi connectivity index (χ0) is 13.8. The summed E-state index contributed by atoms with van der Waals surface area (Å²) in [5, 5.41) is 10.1. The van der Waals surface area contributed by atoms with Gasteiger partial charge in [0, 0.05) is 17.6 Å². The molecule has 0 bridgehead atoms. The van der Waals surface area contributed by atoms with Gasteiger partial charge in [-0.1, -0.05) is 37.8 Å². The van der Waals surface area contributed by atoms with Gasteiger partial charge in [-0.3, -0.25) is 4.90 Å². The fourth-order valence-electron chi connectivity index (χ4n) is 3.21. The summed E-state index contributed by atoms with van der Waals surface area (Å²) >= 11 is 0. The van der Waals surface area contributed by atoms with E-state index in [2.05, 4.69) is 31.0 Å². The molecule has 1 saturated carbocycles. The van der Waals surface area contributed by atoms with Gasteiger partial charge in [0.05, 0.1) is 0 Å². The lowest BCUT2D eigenvalue weighted by Gasteiger charge is -2.33. The Kier molecular flexibility index (Phi) is 4.87. The van der Waals surface area contributed by atoms with E-state index in [1.54, 1.807) is 0 Å². The lowest BCUT2D eigenvalue weighted by atomic mass is 10.00. The van der Waals surface area contributed by atoms with Crippen molar-refractivity contribution in [3.05, 3.63) is 29.3 Å². The maximum Gasteiger partial charge on any atom is 0.120 e. The Morgan fingerprint density at radius 1 is 1.16 bits per heavy atom. The molecule has 106 valence electrons.